The van der Waals surface area contributed by atoms with Gasteiger partial charge < -0.3 is 4.90 Å². The van der Waals surface area contributed by atoms with E-state index in [-0.39, 0.29) is 17.2 Å². The van der Waals surface area contributed by atoms with Crippen LogP contribution in [0.2, 0.25) is 0 Å². The first-order chi connectivity index (χ1) is 9.93. The molecule has 112 valence electrons. The Hall–Kier alpha value is -1.34. The molecule has 0 radical (unpaired) electrons. The van der Waals surface area contributed by atoms with Crippen LogP contribution in [0.3, 0.4) is 0 Å². The van der Waals surface area contributed by atoms with Gasteiger partial charge in [-0.1, -0.05) is 27.7 Å². The number of rotatable bonds is 4. The summed E-state index contributed by atoms with van der Waals surface area (Å²) in [4.78, 5) is 30.2. The first kappa shape index (κ1) is 16.0. The van der Waals surface area contributed by atoms with Crippen LogP contribution >= 0.6 is 27.7 Å². The zero-order chi connectivity index (χ0) is 15.6. The van der Waals surface area contributed by atoms with Crippen molar-refractivity contribution in [1.29, 1.82) is 0 Å². The van der Waals surface area contributed by atoms with Gasteiger partial charge in [-0.25, -0.2) is 4.98 Å². The molecule has 0 fully saturated rings. The van der Waals surface area contributed by atoms with Gasteiger partial charge >= 0.3 is 0 Å². The number of benzene rings is 1. The highest BCUT2D eigenvalue weighted by molar-refractivity contribution is 9.10. The largest absolute Gasteiger partial charge is 0.348 e. The van der Waals surface area contributed by atoms with Crippen LogP contribution in [-0.4, -0.2) is 40.2 Å². The third-order valence-electron chi connectivity index (χ3n) is 3.02. The minimum atomic E-state index is -0.0800. The molecule has 1 aromatic heterocycles. The number of halogens is 1. The average molecular weight is 370 g/mol. The molecule has 0 aliphatic carbocycles. The lowest BCUT2D eigenvalue weighted by atomic mass is 10.2. The van der Waals surface area contributed by atoms with Gasteiger partial charge in [0.25, 0.3) is 5.56 Å². The Balaban J connectivity index is 2.46. The molecule has 2 aromatic rings. The van der Waals surface area contributed by atoms with E-state index in [4.69, 9.17) is 0 Å². The predicted octanol–water partition coefficient (Wildman–Crippen LogP) is 2.36. The van der Waals surface area contributed by atoms with E-state index < -0.39 is 0 Å². The standard InChI is InChI=1S/C14H16BrN3O2S/c1-4-18-13(20)10-7-9(15)5-6-11(10)16-14(18)21-8-12(19)17(2)3/h5-7H,4,8H2,1-3H3. The SMILES string of the molecule is CCn1c(SCC(=O)N(C)C)nc2ccc(Br)cc2c1=O. The van der Waals surface area contributed by atoms with Gasteiger partial charge in [-0.15, -0.1) is 0 Å². The molecule has 0 spiro atoms. The number of carbonyl (C=O) groups is 1. The molecule has 7 heteroatoms. The zero-order valence-electron chi connectivity index (χ0n) is 12.1. The summed E-state index contributed by atoms with van der Waals surface area (Å²) in [5.41, 5.74) is 0.566. The molecular formula is C14H16BrN3O2S. The van der Waals surface area contributed by atoms with Crippen LogP contribution in [0.15, 0.2) is 32.6 Å². The fourth-order valence-corrected chi connectivity index (χ4v) is 3.22. The maximum atomic E-state index is 12.5. The molecule has 0 atom stereocenters. The molecule has 0 saturated heterocycles. The van der Waals surface area contributed by atoms with Crippen molar-refractivity contribution in [3.05, 3.63) is 33.0 Å². The van der Waals surface area contributed by atoms with Gasteiger partial charge in [-0.3, -0.25) is 14.2 Å². The lowest BCUT2D eigenvalue weighted by Gasteiger charge is -2.13. The number of nitrogens with zero attached hydrogens (tertiary/aromatic N) is 3. The molecule has 0 N–H and O–H groups in total. The second kappa shape index (κ2) is 6.62. The quantitative estimate of drug-likeness (QED) is 0.613. The predicted molar refractivity (Wildman–Crippen MR) is 88.8 cm³/mol. The summed E-state index contributed by atoms with van der Waals surface area (Å²) in [5.74, 6) is 0.259. The molecule has 0 aliphatic rings. The zero-order valence-corrected chi connectivity index (χ0v) is 14.5. The molecule has 0 unspecified atom stereocenters. The van der Waals surface area contributed by atoms with E-state index in [0.29, 0.717) is 22.6 Å². The van der Waals surface area contributed by atoms with Crippen molar-refractivity contribution in [2.24, 2.45) is 0 Å². The Kier molecular flexibility index (Phi) is 5.05. The Morgan fingerprint density at radius 3 is 2.76 bits per heavy atom. The first-order valence-corrected chi connectivity index (χ1v) is 8.25. The fraction of sp³-hybridized carbons (Fsp3) is 0.357. The molecular weight excluding hydrogens is 354 g/mol. The molecule has 2 rings (SSSR count). The van der Waals surface area contributed by atoms with E-state index in [1.54, 1.807) is 30.8 Å². The number of amides is 1. The van der Waals surface area contributed by atoms with Crippen molar-refractivity contribution in [3.8, 4) is 0 Å². The minimum Gasteiger partial charge on any atom is -0.348 e. The topological polar surface area (TPSA) is 55.2 Å². The highest BCUT2D eigenvalue weighted by atomic mass is 79.9. The van der Waals surface area contributed by atoms with Crippen molar-refractivity contribution in [2.45, 2.75) is 18.6 Å². The van der Waals surface area contributed by atoms with Crippen LogP contribution in [0.4, 0.5) is 0 Å². The number of fused-ring (bicyclic) bond motifs is 1. The van der Waals surface area contributed by atoms with Crippen molar-refractivity contribution in [2.75, 3.05) is 19.8 Å². The molecule has 0 aliphatic heterocycles. The van der Waals surface area contributed by atoms with Crippen LogP contribution in [0.1, 0.15) is 6.92 Å². The molecule has 21 heavy (non-hydrogen) atoms. The number of hydrogen-bond donors (Lipinski definition) is 0. The number of carbonyl (C=O) groups excluding carboxylic acids is 1. The van der Waals surface area contributed by atoms with Crippen LogP contribution in [0.25, 0.3) is 10.9 Å². The second-order valence-corrected chi connectivity index (χ2v) is 6.54. The lowest BCUT2D eigenvalue weighted by molar-refractivity contribution is -0.125. The summed E-state index contributed by atoms with van der Waals surface area (Å²) < 4.78 is 2.45. The molecule has 1 aromatic carbocycles. The first-order valence-electron chi connectivity index (χ1n) is 6.47. The van der Waals surface area contributed by atoms with Crippen molar-refractivity contribution < 1.29 is 4.79 Å². The maximum Gasteiger partial charge on any atom is 0.262 e. The van der Waals surface area contributed by atoms with Gasteiger partial charge in [0.2, 0.25) is 5.91 Å². The summed E-state index contributed by atoms with van der Waals surface area (Å²) in [6, 6.07) is 5.43. The van der Waals surface area contributed by atoms with E-state index in [2.05, 4.69) is 20.9 Å². The van der Waals surface area contributed by atoms with Gasteiger partial charge in [0.05, 0.1) is 16.7 Å². The number of hydrogen-bond acceptors (Lipinski definition) is 4. The Bertz CT molecular complexity index is 743. The smallest absolute Gasteiger partial charge is 0.262 e. The van der Waals surface area contributed by atoms with Crippen LogP contribution in [-0.2, 0) is 11.3 Å². The Labute approximate surface area is 135 Å². The Morgan fingerprint density at radius 2 is 2.14 bits per heavy atom. The molecule has 0 saturated carbocycles. The normalized spacial score (nSPS) is 10.9. The van der Waals surface area contributed by atoms with Crippen LogP contribution < -0.4 is 5.56 Å². The van der Waals surface area contributed by atoms with Crippen LogP contribution in [0.5, 0.6) is 0 Å². The monoisotopic (exact) mass is 369 g/mol. The van der Waals surface area contributed by atoms with E-state index in [9.17, 15) is 9.59 Å². The molecule has 1 amide bonds. The lowest BCUT2D eigenvalue weighted by Crippen LogP contribution is -2.26. The fourth-order valence-electron chi connectivity index (χ4n) is 1.82. The average Bonchev–Trinajstić information content (AvgIpc) is 2.45. The summed E-state index contributed by atoms with van der Waals surface area (Å²) in [6.07, 6.45) is 0. The maximum absolute atomic E-state index is 12.5. The highest BCUT2D eigenvalue weighted by Gasteiger charge is 2.13. The summed E-state index contributed by atoms with van der Waals surface area (Å²) in [6.45, 7) is 2.41. The summed E-state index contributed by atoms with van der Waals surface area (Å²) in [7, 11) is 3.42. The molecule has 0 bridgehead atoms. The van der Waals surface area contributed by atoms with Crippen molar-refractivity contribution in [3.63, 3.8) is 0 Å². The van der Waals surface area contributed by atoms with Crippen molar-refractivity contribution >= 4 is 44.5 Å². The molecule has 1 heterocycles. The minimum absolute atomic E-state index is 0.00666. The van der Waals surface area contributed by atoms with E-state index in [1.165, 1.54) is 16.7 Å². The molecule has 5 nitrogen and oxygen atoms in total. The van der Waals surface area contributed by atoms with E-state index >= 15 is 0 Å². The van der Waals surface area contributed by atoms with Gasteiger partial charge in [-0.05, 0) is 25.1 Å². The van der Waals surface area contributed by atoms with Gasteiger partial charge in [0.1, 0.15) is 0 Å². The van der Waals surface area contributed by atoms with Gasteiger partial charge in [-0.2, -0.15) is 0 Å². The Morgan fingerprint density at radius 1 is 1.43 bits per heavy atom. The van der Waals surface area contributed by atoms with Crippen molar-refractivity contribution in [1.82, 2.24) is 14.5 Å². The van der Waals surface area contributed by atoms with Gasteiger partial charge in [0, 0.05) is 25.1 Å². The summed E-state index contributed by atoms with van der Waals surface area (Å²) in [5, 5.41) is 1.15. The third kappa shape index (κ3) is 3.47. The van der Waals surface area contributed by atoms with Crippen LogP contribution in [0, 0.1) is 0 Å². The number of aromatic nitrogens is 2. The second-order valence-electron chi connectivity index (χ2n) is 4.68. The van der Waals surface area contributed by atoms with E-state index in [0.717, 1.165) is 4.47 Å². The third-order valence-corrected chi connectivity index (χ3v) is 4.48. The highest BCUT2D eigenvalue weighted by Crippen LogP contribution is 2.20. The summed E-state index contributed by atoms with van der Waals surface area (Å²) >= 11 is 4.66. The van der Waals surface area contributed by atoms with E-state index in [1.807, 2.05) is 13.0 Å². The number of thioether (sulfide) groups is 1. The van der Waals surface area contributed by atoms with Gasteiger partial charge in [0.15, 0.2) is 5.16 Å².